The van der Waals surface area contributed by atoms with Gasteiger partial charge in [-0.05, 0) is 48.5 Å². The fourth-order valence-electron chi connectivity index (χ4n) is 2.89. The van der Waals surface area contributed by atoms with Gasteiger partial charge < -0.3 is 10.1 Å². The van der Waals surface area contributed by atoms with Crippen molar-refractivity contribution in [2.24, 2.45) is 0 Å². The van der Waals surface area contributed by atoms with Crippen molar-refractivity contribution < 1.29 is 9.53 Å². The number of benzene rings is 3. The van der Waals surface area contributed by atoms with Crippen LogP contribution in [0.3, 0.4) is 0 Å². The van der Waals surface area contributed by atoms with Crippen molar-refractivity contribution in [2.75, 3.05) is 16.8 Å². The molecule has 134 valence electrons. The Morgan fingerprint density at radius 1 is 0.963 bits per heavy atom. The van der Waals surface area contributed by atoms with Gasteiger partial charge in [0.25, 0.3) is 0 Å². The van der Waals surface area contributed by atoms with E-state index < -0.39 is 0 Å². The largest absolute Gasteiger partial charge is 0.490 e. The van der Waals surface area contributed by atoms with E-state index in [1.807, 2.05) is 72.8 Å². The second kappa shape index (κ2) is 7.60. The van der Waals surface area contributed by atoms with Crippen LogP contribution >= 0.6 is 11.8 Å². The molecule has 0 radical (unpaired) electrons. The highest BCUT2D eigenvalue weighted by Crippen LogP contribution is 2.47. The van der Waals surface area contributed by atoms with Crippen molar-refractivity contribution in [3.8, 4) is 5.75 Å². The summed E-state index contributed by atoms with van der Waals surface area (Å²) in [6, 6.07) is 22.9. The highest BCUT2D eigenvalue weighted by atomic mass is 32.2. The number of ether oxygens (including phenoxy) is 1. The summed E-state index contributed by atoms with van der Waals surface area (Å²) in [5, 5.41) is 2.98. The number of fused-ring (bicyclic) bond motifs is 2. The highest BCUT2D eigenvalue weighted by Gasteiger charge is 2.27. The number of carbonyl (C=O) groups is 1. The van der Waals surface area contributed by atoms with Crippen LogP contribution in [0.5, 0.6) is 5.75 Å². The Kier molecular flexibility index (Phi) is 4.85. The number of nitrogens with zero attached hydrogens (tertiary/aromatic N) is 1. The molecule has 0 aliphatic carbocycles. The zero-order valence-corrected chi connectivity index (χ0v) is 15.4. The number of amides is 2. The van der Waals surface area contributed by atoms with Gasteiger partial charge >= 0.3 is 6.03 Å². The molecule has 3 aromatic carbocycles. The van der Waals surface area contributed by atoms with Crippen LogP contribution in [0.2, 0.25) is 0 Å². The third-order valence-electron chi connectivity index (χ3n) is 4.11. The van der Waals surface area contributed by atoms with Gasteiger partial charge in [-0.2, -0.15) is 0 Å². The van der Waals surface area contributed by atoms with Crippen LogP contribution < -0.4 is 15.0 Å². The Morgan fingerprint density at radius 2 is 1.56 bits per heavy atom. The van der Waals surface area contributed by atoms with E-state index in [-0.39, 0.29) is 6.03 Å². The summed E-state index contributed by atoms with van der Waals surface area (Å²) < 4.78 is 5.48. The molecule has 0 saturated heterocycles. The highest BCUT2D eigenvalue weighted by molar-refractivity contribution is 7.99. The van der Waals surface area contributed by atoms with Crippen molar-refractivity contribution in [1.82, 2.24) is 0 Å². The molecule has 4 nitrogen and oxygen atoms in total. The van der Waals surface area contributed by atoms with Gasteiger partial charge in [0.05, 0.1) is 11.4 Å². The molecule has 1 N–H and O–H groups in total. The van der Waals surface area contributed by atoms with Gasteiger partial charge in [0, 0.05) is 15.5 Å². The first-order valence-electron chi connectivity index (χ1n) is 8.57. The Balaban J connectivity index is 1.61. The predicted octanol–water partition coefficient (Wildman–Crippen LogP) is 6.09. The average molecular weight is 374 g/mol. The van der Waals surface area contributed by atoms with E-state index in [1.165, 1.54) is 0 Å². The fourth-order valence-corrected chi connectivity index (χ4v) is 3.95. The summed E-state index contributed by atoms with van der Waals surface area (Å²) in [5.41, 5.74) is 2.47. The van der Waals surface area contributed by atoms with Crippen molar-refractivity contribution in [2.45, 2.75) is 9.79 Å². The summed E-state index contributed by atoms with van der Waals surface area (Å²) in [6.45, 7) is 4.08. The van der Waals surface area contributed by atoms with E-state index in [1.54, 1.807) is 22.7 Å². The molecule has 1 aliphatic heterocycles. The molecule has 5 heteroatoms. The fraction of sp³-hybridized carbons (Fsp3) is 0.0455. The molecule has 3 aromatic rings. The van der Waals surface area contributed by atoms with Gasteiger partial charge in [0.1, 0.15) is 12.4 Å². The van der Waals surface area contributed by atoms with Gasteiger partial charge in [-0.3, -0.25) is 4.90 Å². The number of anilines is 3. The number of rotatable bonds is 4. The Labute approximate surface area is 162 Å². The summed E-state index contributed by atoms with van der Waals surface area (Å²) >= 11 is 1.67. The average Bonchev–Trinajstić information content (AvgIpc) is 2.71. The van der Waals surface area contributed by atoms with E-state index in [2.05, 4.69) is 11.9 Å². The molecule has 2 amide bonds. The first-order chi connectivity index (χ1) is 13.3. The number of carbonyl (C=O) groups excluding carboxylic acids is 1. The number of hydrogen-bond acceptors (Lipinski definition) is 3. The molecule has 0 bridgehead atoms. The lowest BCUT2D eigenvalue weighted by Crippen LogP contribution is -2.32. The SMILES string of the molecule is C=CCOc1ccc(NC(=O)N2c3ccccc3Sc3ccccc32)cc1. The number of nitrogens with one attached hydrogen (secondary N) is 1. The second-order valence-corrected chi connectivity index (χ2v) is 7.01. The lowest BCUT2D eigenvalue weighted by molar-refractivity contribution is 0.259. The molecule has 0 unspecified atom stereocenters. The summed E-state index contributed by atoms with van der Waals surface area (Å²) in [4.78, 5) is 16.9. The van der Waals surface area contributed by atoms with E-state index >= 15 is 0 Å². The zero-order chi connectivity index (χ0) is 18.6. The van der Waals surface area contributed by atoms with Gasteiger partial charge in [-0.25, -0.2) is 4.79 Å². The first-order valence-corrected chi connectivity index (χ1v) is 9.39. The first kappa shape index (κ1) is 17.2. The molecule has 4 rings (SSSR count). The van der Waals surface area contributed by atoms with Gasteiger partial charge in [0.2, 0.25) is 0 Å². The minimum atomic E-state index is -0.199. The van der Waals surface area contributed by atoms with Crippen molar-refractivity contribution >= 4 is 34.9 Å². The molecule has 27 heavy (non-hydrogen) atoms. The summed E-state index contributed by atoms with van der Waals surface area (Å²) in [7, 11) is 0. The number of para-hydroxylation sites is 2. The summed E-state index contributed by atoms with van der Waals surface area (Å²) in [6.07, 6.45) is 1.69. The number of hydrogen-bond donors (Lipinski definition) is 1. The standard InChI is InChI=1S/C22H18N2O2S/c1-2-15-26-17-13-11-16(12-14-17)23-22(25)24-18-7-3-5-9-20(18)27-21-10-6-4-8-19(21)24/h2-14H,1,15H2,(H,23,25). The van der Waals surface area contributed by atoms with Crippen LogP contribution in [0.1, 0.15) is 0 Å². The van der Waals surface area contributed by atoms with Crippen LogP contribution in [-0.2, 0) is 0 Å². The van der Waals surface area contributed by atoms with Gasteiger partial charge in [0.15, 0.2) is 0 Å². The van der Waals surface area contributed by atoms with Crippen LogP contribution in [0.15, 0.2) is 95.2 Å². The summed E-state index contributed by atoms with van der Waals surface area (Å²) in [5.74, 6) is 0.734. The maximum absolute atomic E-state index is 13.1. The lowest BCUT2D eigenvalue weighted by atomic mass is 10.2. The maximum atomic E-state index is 13.1. The monoisotopic (exact) mass is 374 g/mol. The Hall–Kier alpha value is -3.18. The zero-order valence-electron chi connectivity index (χ0n) is 14.6. The van der Waals surface area contributed by atoms with Crippen molar-refractivity contribution in [3.05, 3.63) is 85.5 Å². The van der Waals surface area contributed by atoms with Gasteiger partial charge in [-0.15, -0.1) is 0 Å². The molecule has 1 aliphatic rings. The van der Waals surface area contributed by atoms with E-state index in [4.69, 9.17) is 4.74 Å². The molecule has 0 saturated carbocycles. The molecule has 0 atom stereocenters. The molecule has 0 fully saturated rings. The number of urea groups is 1. The van der Waals surface area contributed by atoms with Crippen molar-refractivity contribution in [1.29, 1.82) is 0 Å². The van der Waals surface area contributed by atoms with E-state index in [0.29, 0.717) is 12.3 Å². The van der Waals surface area contributed by atoms with E-state index in [0.717, 1.165) is 26.9 Å². The van der Waals surface area contributed by atoms with Gasteiger partial charge in [-0.1, -0.05) is 48.7 Å². The van der Waals surface area contributed by atoms with E-state index in [9.17, 15) is 4.79 Å². The minimum absolute atomic E-state index is 0.199. The van der Waals surface area contributed by atoms with Crippen LogP contribution in [-0.4, -0.2) is 12.6 Å². The Morgan fingerprint density at radius 3 is 2.15 bits per heavy atom. The smallest absolute Gasteiger partial charge is 0.331 e. The molecular weight excluding hydrogens is 356 g/mol. The predicted molar refractivity (Wildman–Crippen MR) is 110 cm³/mol. The third-order valence-corrected chi connectivity index (χ3v) is 5.24. The second-order valence-electron chi connectivity index (χ2n) is 5.93. The lowest BCUT2D eigenvalue weighted by Gasteiger charge is -2.31. The normalized spacial score (nSPS) is 11.9. The van der Waals surface area contributed by atoms with Crippen LogP contribution in [0, 0.1) is 0 Å². The van der Waals surface area contributed by atoms with Crippen LogP contribution in [0.4, 0.5) is 21.9 Å². The maximum Gasteiger partial charge on any atom is 0.331 e. The topological polar surface area (TPSA) is 41.6 Å². The molecule has 0 spiro atoms. The van der Waals surface area contributed by atoms with Crippen molar-refractivity contribution in [3.63, 3.8) is 0 Å². The van der Waals surface area contributed by atoms with Crippen LogP contribution in [0.25, 0.3) is 0 Å². The molecular formula is C22H18N2O2S. The Bertz CT molecular complexity index is 940. The minimum Gasteiger partial charge on any atom is -0.490 e. The molecule has 0 aromatic heterocycles. The molecule has 1 heterocycles. The third kappa shape index (κ3) is 3.55. The quantitative estimate of drug-likeness (QED) is 0.562.